The first-order valence-corrected chi connectivity index (χ1v) is 8.08. The summed E-state index contributed by atoms with van der Waals surface area (Å²) in [5.41, 5.74) is 0. The molecule has 2 aliphatic heterocycles. The number of carboxylic acid groups (broad SMARTS) is 1. The average Bonchev–Trinajstić information content (AvgIpc) is 2.91. The summed E-state index contributed by atoms with van der Waals surface area (Å²) in [5.74, 6) is 1.30. The number of carbonyl (C=O) groups excluding carboxylic acids is 1. The first-order valence-electron chi connectivity index (χ1n) is 6.92. The lowest BCUT2D eigenvalue weighted by Gasteiger charge is -2.39. The predicted molar refractivity (Wildman–Crippen MR) is 75.5 cm³/mol. The molecule has 2 saturated heterocycles. The number of amides is 2. The molecule has 2 aliphatic rings. The Bertz CT molecular complexity index is 345. The fraction of sp³-hybridized carbons (Fsp3) is 0.846. The zero-order valence-corrected chi connectivity index (χ0v) is 12.2. The lowest BCUT2D eigenvalue weighted by Crippen LogP contribution is -2.52. The number of rotatable bonds is 3. The van der Waals surface area contributed by atoms with Crippen LogP contribution in [0.25, 0.3) is 0 Å². The Morgan fingerprint density at radius 3 is 2.79 bits per heavy atom. The molecule has 0 aromatic carbocycles. The van der Waals surface area contributed by atoms with Gasteiger partial charge in [-0.1, -0.05) is 0 Å². The van der Waals surface area contributed by atoms with Gasteiger partial charge in [0.2, 0.25) is 0 Å². The van der Waals surface area contributed by atoms with E-state index in [9.17, 15) is 9.59 Å². The molecule has 6 heteroatoms. The second-order valence-corrected chi connectivity index (χ2v) is 6.50. The van der Waals surface area contributed by atoms with Crippen LogP contribution in [0.3, 0.4) is 0 Å². The van der Waals surface area contributed by atoms with Crippen molar-refractivity contribution in [2.45, 2.75) is 44.2 Å². The Hall–Kier alpha value is -0.910. The monoisotopic (exact) mass is 286 g/mol. The number of aliphatic carboxylic acids is 1. The fourth-order valence-corrected chi connectivity index (χ4v) is 4.12. The molecule has 1 N–H and O–H groups in total. The number of likely N-dealkylation sites (tertiary alicyclic amines) is 1. The van der Waals surface area contributed by atoms with Crippen molar-refractivity contribution in [1.82, 2.24) is 9.80 Å². The van der Waals surface area contributed by atoms with E-state index in [0.717, 1.165) is 37.2 Å². The molecule has 0 aliphatic carbocycles. The number of hydrogen-bond donors (Lipinski definition) is 1. The van der Waals surface area contributed by atoms with Crippen molar-refractivity contribution in [3.8, 4) is 0 Å². The predicted octanol–water partition coefficient (Wildman–Crippen LogP) is 1.87. The molecule has 2 heterocycles. The van der Waals surface area contributed by atoms with E-state index >= 15 is 0 Å². The van der Waals surface area contributed by atoms with Crippen LogP contribution in [0, 0.1) is 0 Å². The molecule has 108 valence electrons. The summed E-state index contributed by atoms with van der Waals surface area (Å²) < 4.78 is 0. The number of carbonyl (C=O) groups is 2. The van der Waals surface area contributed by atoms with Gasteiger partial charge in [-0.25, -0.2) is 4.79 Å². The van der Waals surface area contributed by atoms with E-state index in [1.165, 1.54) is 0 Å². The van der Waals surface area contributed by atoms with Gasteiger partial charge >= 0.3 is 12.0 Å². The van der Waals surface area contributed by atoms with Crippen LogP contribution >= 0.6 is 11.8 Å². The van der Waals surface area contributed by atoms with Crippen LogP contribution in [-0.2, 0) is 4.79 Å². The molecule has 0 aromatic heterocycles. The van der Waals surface area contributed by atoms with Gasteiger partial charge in [-0.15, -0.1) is 0 Å². The lowest BCUT2D eigenvalue weighted by molar-refractivity contribution is -0.138. The van der Waals surface area contributed by atoms with Gasteiger partial charge in [-0.05, 0) is 31.4 Å². The topological polar surface area (TPSA) is 60.9 Å². The minimum Gasteiger partial charge on any atom is -0.481 e. The van der Waals surface area contributed by atoms with E-state index in [2.05, 4.69) is 0 Å². The minimum atomic E-state index is -0.816. The second-order valence-electron chi connectivity index (χ2n) is 5.35. The fourth-order valence-electron chi connectivity index (χ4n) is 2.85. The second kappa shape index (κ2) is 6.50. The maximum atomic E-state index is 12.5. The standard InChI is InChI=1S/C13H22N2O3S/c1-14(11-5-7-19-9-11)13(18)15-6-3-2-4-10(15)8-12(16)17/h10-11H,2-9H2,1H3,(H,16,17). The number of hydrogen-bond acceptors (Lipinski definition) is 3. The summed E-state index contributed by atoms with van der Waals surface area (Å²) in [6.45, 7) is 0.695. The summed E-state index contributed by atoms with van der Waals surface area (Å²) in [7, 11) is 1.85. The van der Waals surface area contributed by atoms with Crippen LogP contribution in [0.2, 0.25) is 0 Å². The normalized spacial score (nSPS) is 27.3. The maximum absolute atomic E-state index is 12.5. The molecular formula is C13H22N2O3S. The van der Waals surface area contributed by atoms with Gasteiger partial charge in [-0.2, -0.15) is 11.8 Å². The molecule has 2 rings (SSSR count). The molecular weight excluding hydrogens is 264 g/mol. The third-order valence-corrected chi connectivity index (χ3v) is 5.18. The van der Waals surface area contributed by atoms with Crippen molar-refractivity contribution in [3.63, 3.8) is 0 Å². The van der Waals surface area contributed by atoms with Crippen LogP contribution in [0.4, 0.5) is 4.79 Å². The molecule has 0 aromatic rings. The number of piperidine rings is 1. The summed E-state index contributed by atoms with van der Waals surface area (Å²) in [4.78, 5) is 27.0. The molecule has 5 nitrogen and oxygen atoms in total. The van der Waals surface area contributed by atoms with Gasteiger partial charge in [0.05, 0.1) is 6.42 Å². The Morgan fingerprint density at radius 2 is 2.16 bits per heavy atom. The molecule has 0 bridgehead atoms. The molecule has 2 fully saturated rings. The van der Waals surface area contributed by atoms with Gasteiger partial charge in [0.25, 0.3) is 0 Å². The highest BCUT2D eigenvalue weighted by molar-refractivity contribution is 7.99. The smallest absolute Gasteiger partial charge is 0.320 e. The van der Waals surface area contributed by atoms with E-state index < -0.39 is 5.97 Å². The summed E-state index contributed by atoms with van der Waals surface area (Å²) in [6, 6.07) is 0.193. The average molecular weight is 286 g/mol. The van der Waals surface area contributed by atoms with Crippen LogP contribution in [0.5, 0.6) is 0 Å². The Labute approximate surface area is 118 Å². The molecule has 2 atom stereocenters. The quantitative estimate of drug-likeness (QED) is 0.860. The third kappa shape index (κ3) is 3.55. The van der Waals surface area contributed by atoms with Crippen molar-refractivity contribution in [3.05, 3.63) is 0 Å². The van der Waals surface area contributed by atoms with Gasteiger partial charge in [0, 0.05) is 31.4 Å². The van der Waals surface area contributed by atoms with E-state index in [1.807, 2.05) is 23.7 Å². The molecule has 0 radical (unpaired) electrons. The van der Waals surface area contributed by atoms with E-state index in [4.69, 9.17) is 5.11 Å². The van der Waals surface area contributed by atoms with E-state index in [0.29, 0.717) is 12.6 Å². The lowest BCUT2D eigenvalue weighted by atomic mass is 9.99. The van der Waals surface area contributed by atoms with Gasteiger partial charge in [0.1, 0.15) is 0 Å². The SMILES string of the molecule is CN(C(=O)N1CCCCC1CC(=O)O)C1CCSC1. The Balaban J connectivity index is 1.99. The Kier molecular flexibility index (Phi) is 4.96. The summed E-state index contributed by atoms with van der Waals surface area (Å²) in [6.07, 6.45) is 3.93. The number of carboxylic acids is 1. The minimum absolute atomic E-state index is 0.0125. The number of nitrogens with zero attached hydrogens (tertiary/aromatic N) is 2. The van der Waals surface area contributed by atoms with Gasteiger partial charge in [0.15, 0.2) is 0 Å². The summed E-state index contributed by atoms with van der Waals surface area (Å²) >= 11 is 1.88. The largest absolute Gasteiger partial charge is 0.481 e. The molecule has 2 unspecified atom stereocenters. The molecule has 19 heavy (non-hydrogen) atoms. The molecule has 0 saturated carbocycles. The summed E-state index contributed by atoms with van der Waals surface area (Å²) in [5, 5.41) is 8.96. The first kappa shape index (κ1) is 14.5. The Morgan fingerprint density at radius 1 is 1.37 bits per heavy atom. The highest BCUT2D eigenvalue weighted by Crippen LogP contribution is 2.25. The molecule has 2 amide bonds. The van der Waals surface area contributed by atoms with E-state index in [1.54, 1.807) is 4.90 Å². The highest BCUT2D eigenvalue weighted by atomic mass is 32.2. The van der Waals surface area contributed by atoms with Crippen molar-refractivity contribution in [1.29, 1.82) is 0 Å². The first-order chi connectivity index (χ1) is 9.09. The molecule has 0 spiro atoms. The van der Waals surface area contributed by atoms with Crippen LogP contribution in [0.15, 0.2) is 0 Å². The van der Waals surface area contributed by atoms with Crippen molar-refractivity contribution >= 4 is 23.8 Å². The van der Waals surface area contributed by atoms with Crippen LogP contribution < -0.4 is 0 Å². The number of thioether (sulfide) groups is 1. The van der Waals surface area contributed by atoms with Crippen LogP contribution in [0.1, 0.15) is 32.1 Å². The van der Waals surface area contributed by atoms with Gasteiger partial charge < -0.3 is 14.9 Å². The third-order valence-electron chi connectivity index (χ3n) is 4.04. The zero-order chi connectivity index (χ0) is 13.8. The maximum Gasteiger partial charge on any atom is 0.320 e. The van der Waals surface area contributed by atoms with Crippen molar-refractivity contribution in [2.75, 3.05) is 25.1 Å². The van der Waals surface area contributed by atoms with Crippen molar-refractivity contribution in [2.24, 2.45) is 0 Å². The van der Waals surface area contributed by atoms with E-state index in [-0.39, 0.29) is 18.5 Å². The van der Waals surface area contributed by atoms with Crippen molar-refractivity contribution < 1.29 is 14.7 Å². The zero-order valence-electron chi connectivity index (χ0n) is 11.4. The number of urea groups is 1. The highest BCUT2D eigenvalue weighted by Gasteiger charge is 2.33. The van der Waals surface area contributed by atoms with Crippen LogP contribution in [-0.4, -0.2) is 64.1 Å². The van der Waals surface area contributed by atoms with Gasteiger partial charge in [-0.3, -0.25) is 4.79 Å².